The number of carbonyl (C=O) groups excluding carboxylic acids is 1. The number of nitrogens with one attached hydrogen (secondary N) is 2. The van der Waals surface area contributed by atoms with Crippen LogP contribution in [0.4, 0.5) is 0 Å². The van der Waals surface area contributed by atoms with Crippen LogP contribution < -0.4 is 10.6 Å². The lowest BCUT2D eigenvalue weighted by Gasteiger charge is -2.13. The second kappa shape index (κ2) is 9.69. The fraction of sp³-hybridized carbons (Fsp3) is 0.333. The largest absolute Gasteiger partial charge is 0.385 e. The number of fused-ring (bicyclic) bond motifs is 1. The minimum Gasteiger partial charge on any atom is -0.385 e. The molecule has 30 heavy (non-hydrogen) atoms. The number of rotatable bonds is 8. The molecule has 0 unspecified atom stereocenters. The lowest BCUT2D eigenvalue weighted by molar-refractivity contribution is 0.0950. The summed E-state index contributed by atoms with van der Waals surface area (Å²) in [7, 11) is 1.70. The van der Waals surface area contributed by atoms with Crippen molar-refractivity contribution in [1.82, 2.24) is 20.2 Å². The van der Waals surface area contributed by atoms with E-state index in [1.165, 1.54) is 11.1 Å². The van der Waals surface area contributed by atoms with E-state index in [-0.39, 0.29) is 5.91 Å². The SMILES string of the molecule is COCCCn1cnc2ccc(C(=O)NC[C@@H]3CNC/C3=C\c3ccccc3)cc21. The molecule has 6 heteroatoms. The number of aryl methyl sites for hydroxylation is 1. The van der Waals surface area contributed by atoms with E-state index in [0.717, 1.165) is 37.1 Å². The van der Waals surface area contributed by atoms with Crippen LogP contribution >= 0.6 is 0 Å². The molecule has 2 aromatic carbocycles. The van der Waals surface area contributed by atoms with Gasteiger partial charge < -0.3 is 19.9 Å². The van der Waals surface area contributed by atoms with Crippen LogP contribution in [-0.4, -0.2) is 48.8 Å². The summed E-state index contributed by atoms with van der Waals surface area (Å²) in [5.74, 6) is 0.255. The van der Waals surface area contributed by atoms with Gasteiger partial charge >= 0.3 is 0 Å². The molecule has 1 amide bonds. The Morgan fingerprint density at radius 1 is 1.30 bits per heavy atom. The summed E-state index contributed by atoms with van der Waals surface area (Å²) in [6.07, 6.45) is 4.96. The van der Waals surface area contributed by atoms with Gasteiger partial charge in [-0.2, -0.15) is 0 Å². The number of amides is 1. The summed E-state index contributed by atoms with van der Waals surface area (Å²) in [4.78, 5) is 17.2. The average molecular weight is 405 g/mol. The molecule has 0 spiro atoms. The average Bonchev–Trinajstić information content (AvgIpc) is 3.39. The van der Waals surface area contributed by atoms with Crippen LogP contribution in [0.15, 0.2) is 60.4 Å². The molecule has 1 saturated heterocycles. The maximum Gasteiger partial charge on any atom is 0.251 e. The minimum atomic E-state index is -0.0486. The van der Waals surface area contributed by atoms with Gasteiger partial charge in [0.1, 0.15) is 0 Å². The number of aromatic nitrogens is 2. The van der Waals surface area contributed by atoms with Crippen molar-refractivity contribution >= 4 is 23.0 Å². The van der Waals surface area contributed by atoms with Gasteiger partial charge in [0.2, 0.25) is 0 Å². The highest BCUT2D eigenvalue weighted by molar-refractivity contribution is 5.97. The van der Waals surface area contributed by atoms with Crippen molar-refractivity contribution in [3.63, 3.8) is 0 Å². The molecule has 1 fully saturated rings. The molecule has 1 aromatic heterocycles. The highest BCUT2D eigenvalue weighted by Gasteiger charge is 2.21. The normalized spacial score (nSPS) is 17.6. The predicted octanol–water partition coefficient (Wildman–Crippen LogP) is 3.11. The zero-order chi connectivity index (χ0) is 20.8. The van der Waals surface area contributed by atoms with Crippen LogP contribution in [-0.2, 0) is 11.3 Å². The van der Waals surface area contributed by atoms with E-state index in [1.807, 2.05) is 42.7 Å². The Kier molecular flexibility index (Phi) is 6.57. The van der Waals surface area contributed by atoms with Crippen LogP contribution in [0.25, 0.3) is 17.1 Å². The quantitative estimate of drug-likeness (QED) is 0.566. The molecular formula is C24H28N4O2. The Bertz CT molecular complexity index is 1030. The number of nitrogens with zero attached hydrogens (tertiary/aromatic N) is 2. The van der Waals surface area contributed by atoms with Crippen molar-refractivity contribution in [2.75, 3.05) is 33.4 Å². The van der Waals surface area contributed by atoms with Crippen LogP contribution in [0.3, 0.4) is 0 Å². The molecule has 2 N–H and O–H groups in total. The summed E-state index contributed by atoms with van der Waals surface area (Å²) >= 11 is 0. The summed E-state index contributed by atoms with van der Waals surface area (Å²) in [5.41, 5.74) is 5.06. The minimum absolute atomic E-state index is 0.0486. The van der Waals surface area contributed by atoms with Gasteiger partial charge in [0, 0.05) is 51.4 Å². The third kappa shape index (κ3) is 4.78. The van der Waals surface area contributed by atoms with Crippen molar-refractivity contribution in [1.29, 1.82) is 0 Å². The molecule has 4 rings (SSSR count). The van der Waals surface area contributed by atoms with Gasteiger partial charge in [-0.15, -0.1) is 0 Å². The molecule has 156 valence electrons. The van der Waals surface area contributed by atoms with Gasteiger partial charge in [-0.25, -0.2) is 4.98 Å². The standard InChI is InChI=1S/C24H28N4O2/c1-30-11-5-10-28-17-27-22-9-8-19(13-23(22)28)24(29)26-16-21-15-25-14-20(21)12-18-6-3-2-4-7-18/h2-4,6-9,12-13,17,21,25H,5,10-11,14-16H2,1H3,(H,26,29)/b20-12+/t21-/m0/s1. The molecule has 1 aliphatic rings. The molecule has 1 atom stereocenters. The third-order valence-electron chi connectivity index (χ3n) is 5.54. The van der Waals surface area contributed by atoms with Crippen molar-refractivity contribution in [2.45, 2.75) is 13.0 Å². The second-order valence-electron chi connectivity index (χ2n) is 7.66. The van der Waals surface area contributed by atoms with E-state index in [4.69, 9.17) is 4.74 Å². The van der Waals surface area contributed by atoms with Crippen LogP contribution in [0.1, 0.15) is 22.3 Å². The van der Waals surface area contributed by atoms with E-state index < -0.39 is 0 Å². The van der Waals surface area contributed by atoms with E-state index in [0.29, 0.717) is 24.6 Å². The Morgan fingerprint density at radius 2 is 2.17 bits per heavy atom. The van der Waals surface area contributed by atoms with Gasteiger partial charge in [0.05, 0.1) is 17.4 Å². The van der Waals surface area contributed by atoms with Gasteiger partial charge in [-0.3, -0.25) is 4.79 Å². The van der Waals surface area contributed by atoms with E-state index in [9.17, 15) is 4.79 Å². The predicted molar refractivity (Wildman–Crippen MR) is 119 cm³/mol. The first-order valence-corrected chi connectivity index (χ1v) is 10.4. The van der Waals surface area contributed by atoms with Crippen LogP contribution in [0, 0.1) is 5.92 Å². The summed E-state index contributed by atoms with van der Waals surface area (Å²) < 4.78 is 7.21. The molecule has 0 aliphatic carbocycles. The van der Waals surface area contributed by atoms with Crippen LogP contribution in [0.2, 0.25) is 0 Å². The molecule has 3 aromatic rings. The first-order valence-electron chi connectivity index (χ1n) is 10.4. The van der Waals surface area contributed by atoms with Gasteiger partial charge in [-0.05, 0) is 35.8 Å². The molecular weight excluding hydrogens is 376 g/mol. The Labute approximate surface area is 177 Å². The fourth-order valence-electron chi connectivity index (χ4n) is 3.88. The topological polar surface area (TPSA) is 68.2 Å². The third-order valence-corrected chi connectivity index (χ3v) is 5.54. The molecule has 2 heterocycles. The number of hydrogen-bond acceptors (Lipinski definition) is 4. The number of imidazole rings is 1. The van der Waals surface area contributed by atoms with Crippen molar-refractivity contribution in [3.8, 4) is 0 Å². The van der Waals surface area contributed by atoms with Gasteiger partial charge in [-0.1, -0.05) is 36.4 Å². The van der Waals surface area contributed by atoms with Crippen molar-refractivity contribution in [2.24, 2.45) is 5.92 Å². The number of benzene rings is 2. The summed E-state index contributed by atoms with van der Waals surface area (Å²) in [6.45, 7) is 3.88. The Balaban J connectivity index is 1.41. The number of ether oxygens (including phenoxy) is 1. The number of methoxy groups -OCH3 is 1. The smallest absolute Gasteiger partial charge is 0.251 e. The van der Waals surface area contributed by atoms with Crippen molar-refractivity contribution in [3.05, 3.63) is 71.6 Å². The molecule has 0 bridgehead atoms. The monoisotopic (exact) mass is 404 g/mol. The van der Waals surface area contributed by atoms with Crippen molar-refractivity contribution < 1.29 is 9.53 Å². The lowest BCUT2D eigenvalue weighted by atomic mass is 10.00. The second-order valence-corrected chi connectivity index (χ2v) is 7.66. The zero-order valence-corrected chi connectivity index (χ0v) is 17.3. The molecule has 0 saturated carbocycles. The van der Waals surface area contributed by atoms with Gasteiger partial charge in [0.15, 0.2) is 0 Å². The molecule has 1 aliphatic heterocycles. The highest BCUT2D eigenvalue weighted by Crippen LogP contribution is 2.19. The first-order chi connectivity index (χ1) is 14.7. The zero-order valence-electron chi connectivity index (χ0n) is 17.3. The van der Waals surface area contributed by atoms with E-state index in [1.54, 1.807) is 7.11 Å². The van der Waals surface area contributed by atoms with Crippen LogP contribution in [0.5, 0.6) is 0 Å². The van der Waals surface area contributed by atoms with E-state index >= 15 is 0 Å². The maximum atomic E-state index is 12.8. The van der Waals surface area contributed by atoms with Gasteiger partial charge in [0.25, 0.3) is 5.91 Å². The summed E-state index contributed by atoms with van der Waals surface area (Å²) in [5, 5.41) is 6.53. The number of carbonyl (C=O) groups is 1. The highest BCUT2D eigenvalue weighted by atomic mass is 16.5. The fourth-order valence-corrected chi connectivity index (χ4v) is 3.88. The molecule has 6 nitrogen and oxygen atoms in total. The molecule has 0 radical (unpaired) electrons. The Hall–Kier alpha value is -2.96. The summed E-state index contributed by atoms with van der Waals surface area (Å²) in [6, 6.07) is 16.0. The number of hydrogen-bond donors (Lipinski definition) is 2. The maximum absolute atomic E-state index is 12.8. The first kappa shape index (κ1) is 20.3. The van der Waals surface area contributed by atoms with E-state index in [2.05, 4.69) is 38.4 Å². The Morgan fingerprint density at radius 3 is 3.00 bits per heavy atom. The lowest BCUT2D eigenvalue weighted by Crippen LogP contribution is -2.30.